The Hall–Kier alpha value is -1.98. The van der Waals surface area contributed by atoms with Crippen LogP contribution >= 0.6 is 0 Å². The zero-order valence-electron chi connectivity index (χ0n) is 13.9. The number of aromatic nitrogens is 4. The van der Waals surface area contributed by atoms with Gasteiger partial charge in [0.1, 0.15) is 0 Å². The number of hydrogen-bond donors (Lipinski definition) is 5. The number of carbonyl (C=O) groups excluding carboxylic acids is 1. The number of rotatable bonds is 7. The Labute approximate surface area is 155 Å². The molecule has 11 nitrogen and oxygen atoms in total. The van der Waals surface area contributed by atoms with Crippen LogP contribution in [-0.4, -0.2) is 68.9 Å². The number of imidazole rings is 1. The number of aliphatic hydroxyl groups excluding tert-OH is 2. The molecule has 0 aromatic carbocycles. The third-order valence-corrected chi connectivity index (χ3v) is 6.47. The topological polar surface area (TPSA) is 188 Å². The van der Waals surface area contributed by atoms with E-state index in [1.807, 2.05) is 0 Å². The Bertz CT molecular complexity index is 801. The normalized spacial score (nSPS) is 25.8. The van der Waals surface area contributed by atoms with Gasteiger partial charge in [-0.3, -0.25) is 0 Å². The molecule has 4 atom stereocenters. The van der Waals surface area contributed by atoms with Crippen molar-refractivity contribution in [1.29, 1.82) is 0 Å². The van der Waals surface area contributed by atoms with Crippen molar-refractivity contribution >= 4 is 43.8 Å². The van der Waals surface area contributed by atoms with Gasteiger partial charge in [-0.05, 0) is 0 Å². The molecule has 3 rings (SSSR count). The fraction of sp³-hybridized carbons (Fsp3) is 0.571. The quantitative estimate of drug-likeness (QED) is 0.255. The molecule has 1 aliphatic heterocycles. The molecule has 1 aliphatic rings. The van der Waals surface area contributed by atoms with E-state index in [0.29, 0.717) is 29.3 Å². The first kappa shape index (κ1) is 18.8. The minimum absolute atomic E-state index is 0.0147. The van der Waals surface area contributed by atoms with Crippen molar-refractivity contribution in [2.24, 2.45) is 5.73 Å². The number of fused-ring (bicyclic) bond motifs is 1. The van der Waals surface area contributed by atoms with E-state index in [-0.39, 0.29) is 32.6 Å². The third-order valence-electron chi connectivity index (χ3n) is 4.07. The summed E-state index contributed by atoms with van der Waals surface area (Å²) in [7, 11) is 0. The van der Waals surface area contributed by atoms with E-state index in [9.17, 15) is 15.0 Å². The van der Waals surface area contributed by atoms with Crippen LogP contribution in [0.3, 0.4) is 0 Å². The number of aliphatic hydroxyl groups is 2. The Balaban J connectivity index is 1.69. The van der Waals surface area contributed by atoms with E-state index in [4.69, 9.17) is 21.9 Å². The van der Waals surface area contributed by atoms with Crippen molar-refractivity contribution in [3.8, 4) is 0 Å². The van der Waals surface area contributed by atoms with Crippen LogP contribution in [-0.2, 0) is 9.53 Å². The van der Waals surface area contributed by atoms with E-state index in [1.165, 1.54) is 10.9 Å². The van der Waals surface area contributed by atoms with Crippen molar-refractivity contribution in [3.63, 3.8) is 0 Å². The summed E-state index contributed by atoms with van der Waals surface area (Å²) in [6.45, 7) is 0. The fourth-order valence-electron chi connectivity index (χ4n) is 2.79. The van der Waals surface area contributed by atoms with Crippen molar-refractivity contribution in [3.05, 3.63) is 6.33 Å². The maximum absolute atomic E-state index is 10.7. The summed E-state index contributed by atoms with van der Waals surface area (Å²) >= 11 is 0.156. The summed E-state index contributed by atoms with van der Waals surface area (Å²) in [5.74, 6) is -0.200. The molecule has 1 amide bonds. The van der Waals surface area contributed by atoms with Gasteiger partial charge >= 0.3 is 155 Å². The van der Waals surface area contributed by atoms with Crippen LogP contribution in [0.15, 0.2) is 6.33 Å². The van der Waals surface area contributed by atoms with E-state index in [1.54, 1.807) is 0 Å². The molecule has 12 heteroatoms. The standard InChI is InChI=1S/C14H21N7O4Se/c15-7(22)2-1-3-26-4-6-9(23)10(24)13(25-6)21-5-18-8-11(16)19-14(17)20-12(8)21/h5-6,9-10,13,23-24H,1-4H2,(H2,15,22)(H4,16,17,19,20)/t6-,9-,10-,13-/m1/s1. The molecule has 2 aromatic rings. The van der Waals surface area contributed by atoms with Crippen molar-refractivity contribution in [1.82, 2.24) is 19.5 Å². The molecule has 1 fully saturated rings. The van der Waals surface area contributed by atoms with Gasteiger partial charge in [-0.15, -0.1) is 0 Å². The van der Waals surface area contributed by atoms with E-state index in [0.717, 1.165) is 5.32 Å². The van der Waals surface area contributed by atoms with Crippen LogP contribution in [0.1, 0.15) is 19.1 Å². The van der Waals surface area contributed by atoms with Crippen LogP contribution in [0.2, 0.25) is 10.6 Å². The molecule has 0 aliphatic carbocycles. The van der Waals surface area contributed by atoms with Crippen molar-refractivity contribution < 1.29 is 19.7 Å². The molecule has 0 radical (unpaired) electrons. The summed E-state index contributed by atoms with van der Waals surface area (Å²) < 4.78 is 7.35. The molecule has 0 spiro atoms. The number of anilines is 2. The van der Waals surface area contributed by atoms with Gasteiger partial charge in [-0.1, -0.05) is 0 Å². The molecule has 0 saturated carbocycles. The molecule has 3 heterocycles. The van der Waals surface area contributed by atoms with Gasteiger partial charge in [-0.2, -0.15) is 0 Å². The molecule has 0 unspecified atom stereocenters. The number of nitrogens with zero attached hydrogens (tertiary/aromatic N) is 4. The molecule has 1 saturated heterocycles. The van der Waals surface area contributed by atoms with Crippen molar-refractivity contribution in [2.75, 3.05) is 11.5 Å². The van der Waals surface area contributed by atoms with Crippen molar-refractivity contribution in [2.45, 2.75) is 48.0 Å². The Morgan fingerprint density at radius 1 is 1.31 bits per heavy atom. The second kappa shape index (κ2) is 7.72. The number of hydrogen-bond acceptors (Lipinski definition) is 9. The van der Waals surface area contributed by atoms with E-state index in [2.05, 4.69) is 15.0 Å². The van der Waals surface area contributed by atoms with E-state index >= 15 is 0 Å². The van der Waals surface area contributed by atoms with Gasteiger partial charge in [0.15, 0.2) is 0 Å². The average molecular weight is 430 g/mol. The fourth-order valence-corrected chi connectivity index (χ4v) is 4.93. The van der Waals surface area contributed by atoms with E-state index < -0.39 is 24.5 Å². The summed E-state index contributed by atoms with van der Waals surface area (Å²) in [5, 5.41) is 22.1. The Morgan fingerprint density at radius 2 is 2.08 bits per heavy atom. The zero-order valence-corrected chi connectivity index (χ0v) is 15.6. The van der Waals surface area contributed by atoms with Crippen LogP contribution in [0.5, 0.6) is 0 Å². The van der Waals surface area contributed by atoms with Gasteiger partial charge in [0, 0.05) is 0 Å². The molecule has 2 aromatic heterocycles. The van der Waals surface area contributed by atoms with Crippen LogP contribution in [0.25, 0.3) is 11.2 Å². The Kier molecular flexibility index (Phi) is 5.58. The van der Waals surface area contributed by atoms with Gasteiger partial charge < -0.3 is 0 Å². The number of carbonyl (C=O) groups is 1. The van der Waals surface area contributed by atoms with Gasteiger partial charge in [-0.25, -0.2) is 0 Å². The number of nitrogen functional groups attached to an aromatic ring is 2. The number of ether oxygens (including phenoxy) is 1. The summed E-state index contributed by atoms with van der Waals surface area (Å²) in [6.07, 6.45) is -1.05. The van der Waals surface area contributed by atoms with Gasteiger partial charge in [0.25, 0.3) is 0 Å². The van der Waals surface area contributed by atoms with Crippen LogP contribution < -0.4 is 17.2 Å². The molecule has 142 valence electrons. The second-order valence-electron chi connectivity index (χ2n) is 5.98. The maximum atomic E-state index is 10.7. The monoisotopic (exact) mass is 431 g/mol. The summed E-state index contributed by atoms with van der Waals surface area (Å²) in [6, 6.07) is 0. The van der Waals surface area contributed by atoms with Gasteiger partial charge in [0.05, 0.1) is 0 Å². The first-order valence-electron chi connectivity index (χ1n) is 8.01. The predicted molar refractivity (Wildman–Crippen MR) is 93.9 cm³/mol. The minimum atomic E-state index is -1.14. The molecule has 0 bridgehead atoms. The number of amides is 1. The summed E-state index contributed by atoms with van der Waals surface area (Å²) in [4.78, 5) is 22.8. The number of primary amides is 1. The second-order valence-corrected chi connectivity index (χ2v) is 8.39. The van der Waals surface area contributed by atoms with Gasteiger partial charge in [0.2, 0.25) is 0 Å². The first-order chi connectivity index (χ1) is 12.4. The predicted octanol–water partition coefficient (Wildman–Crippen LogP) is -1.58. The first-order valence-corrected chi connectivity index (χ1v) is 10.4. The molecular weight excluding hydrogens is 409 g/mol. The van der Waals surface area contributed by atoms with Crippen LogP contribution in [0, 0.1) is 0 Å². The molecule has 8 N–H and O–H groups in total. The average Bonchev–Trinajstić information content (AvgIpc) is 3.10. The zero-order chi connectivity index (χ0) is 18.8. The number of nitrogens with two attached hydrogens (primary N) is 3. The molecule has 26 heavy (non-hydrogen) atoms. The molecular formula is C14H21N7O4Se. The Morgan fingerprint density at radius 3 is 2.81 bits per heavy atom. The third kappa shape index (κ3) is 3.74. The SMILES string of the molecule is NC(=O)CCC[Se]C[C@H]1O[C@@H](n2cnc3c(N)nc(N)nc32)[C@H](O)[C@@H]1O. The van der Waals surface area contributed by atoms with Crippen LogP contribution in [0.4, 0.5) is 11.8 Å². The summed E-state index contributed by atoms with van der Waals surface area (Å²) in [5.41, 5.74) is 17.2.